The molecule has 116 valence electrons. The molecule has 0 bridgehead atoms. The van der Waals surface area contributed by atoms with Crippen molar-refractivity contribution >= 4 is 34.1 Å². The summed E-state index contributed by atoms with van der Waals surface area (Å²) >= 11 is 5.97. The highest BCUT2D eigenvalue weighted by Crippen LogP contribution is 2.27. The van der Waals surface area contributed by atoms with Crippen molar-refractivity contribution in [2.45, 2.75) is 6.23 Å². The van der Waals surface area contributed by atoms with Gasteiger partial charge in [0, 0.05) is 15.9 Å². The Morgan fingerprint density at radius 1 is 1.22 bits per heavy atom. The third-order valence-electron chi connectivity index (χ3n) is 3.75. The van der Waals surface area contributed by atoms with E-state index in [1.165, 1.54) is 0 Å². The van der Waals surface area contributed by atoms with E-state index in [1.807, 2.05) is 36.4 Å². The van der Waals surface area contributed by atoms with Gasteiger partial charge in [-0.15, -0.1) is 0 Å². The Morgan fingerprint density at radius 2 is 2.09 bits per heavy atom. The van der Waals surface area contributed by atoms with Gasteiger partial charge in [-0.05, 0) is 36.4 Å². The molecule has 3 N–H and O–H groups in total. The van der Waals surface area contributed by atoms with Gasteiger partial charge >= 0.3 is 0 Å². The van der Waals surface area contributed by atoms with Crippen molar-refractivity contribution < 1.29 is 9.53 Å². The lowest BCUT2D eigenvalue weighted by Crippen LogP contribution is -2.45. The number of fused-ring (bicyclic) bond motifs is 2. The molecule has 0 aliphatic carbocycles. The smallest absolute Gasteiger partial charge is 0.270 e. The van der Waals surface area contributed by atoms with Gasteiger partial charge < -0.3 is 20.4 Å². The van der Waals surface area contributed by atoms with Crippen molar-refractivity contribution in [3.8, 4) is 5.75 Å². The number of ether oxygens (including phenoxy) is 1. The second-order valence-corrected chi connectivity index (χ2v) is 5.81. The minimum absolute atomic E-state index is 0.219. The lowest BCUT2D eigenvalue weighted by Gasteiger charge is -2.27. The van der Waals surface area contributed by atoms with E-state index in [9.17, 15) is 4.79 Å². The zero-order chi connectivity index (χ0) is 15.8. The molecule has 0 saturated carbocycles. The number of halogens is 1. The van der Waals surface area contributed by atoms with Crippen molar-refractivity contribution in [2.24, 2.45) is 0 Å². The molecule has 0 radical (unpaired) electrons. The van der Waals surface area contributed by atoms with Crippen LogP contribution in [0.4, 0.5) is 5.69 Å². The summed E-state index contributed by atoms with van der Waals surface area (Å²) in [5.74, 6) is 0.510. The van der Waals surface area contributed by atoms with Gasteiger partial charge in [-0.3, -0.25) is 4.79 Å². The van der Waals surface area contributed by atoms with Crippen LogP contribution in [0.25, 0.3) is 10.9 Å². The Labute approximate surface area is 137 Å². The van der Waals surface area contributed by atoms with Gasteiger partial charge in [-0.1, -0.05) is 23.7 Å². The van der Waals surface area contributed by atoms with E-state index in [-0.39, 0.29) is 5.91 Å². The van der Waals surface area contributed by atoms with Gasteiger partial charge in [0.1, 0.15) is 11.4 Å². The molecule has 23 heavy (non-hydrogen) atoms. The minimum atomic E-state index is -0.424. The van der Waals surface area contributed by atoms with E-state index in [4.69, 9.17) is 16.3 Å². The van der Waals surface area contributed by atoms with Crippen molar-refractivity contribution in [2.75, 3.05) is 11.9 Å². The molecule has 2 heterocycles. The van der Waals surface area contributed by atoms with E-state index in [1.54, 1.807) is 12.1 Å². The fourth-order valence-electron chi connectivity index (χ4n) is 2.64. The SMILES string of the molecule is O=C(NC1CNc2ccccc2O1)c1cc2cc(Cl)ccc2[nH]1. The minimum Gasteiger partial charge on any atom is -0.467 e. The number of carbonyl (C=O) groups excluding carboxylic acids is 1. The Hall–Kier alpha value is -2.66. The number of amides is 1. The van der Waals surface area contributed by atoms with E-state index in [0.717, 1.165) is 22.3 Å². The fraction of sp³-hybridized carbons (Fsp3) is 0.118. The molecule has 4 rings (SSSR count). The van der Waals surface area contributed by atoms with Crippen molar-refractivity contribution in [1.82, 2.24) is 10.3 Å². The molecule has 5 nitrogen and oxygen atoms in total. The molecule has 3 aromatic rings. The number of rotatable bonds is 2. The number of benzene rings is 2. The number of anilines is 1. The highest BCUT2D eigenvalue weighted by Gasteiger charge is 2.21. The molecular weight excluding hydrogens is 314 g/mol. The largest absolute Gasteiger partial charge is 0.467 e. The summed E-state index contributed by atoms with van der Waals surface area (Å²) < 4.78 is 5.79. The van der Waals surface area contributed by atoms with Crippen LogP contribution in [0.3, 0.4) is 0 Å². The zero-order valence-corrected chi connectivity index (χ0v) is 12.9. The third kappa shape index (κ3) is 2.71. The summed E-state index contributed by atoms with van der Waals surface area (Å²) in [5, 5.41) is 7.64. The topological polar surface area (TPSA) is 66.2 Å². The van der Waals surface area contributed by atoms with Crippen LogP contribution in [-0.2, 0) is 0 Å². The fourth-order valence-corrected chi connectivity index (χ4v) is 2.82. The number of hydrogen-bond acceptors (Lipinski definition) is 3. The second-order valence-electron chi connectivity index (χ2n) is 5.37. The first-order valence-corrected chi connectivity index (χ1v) is 7.65. The van der Waals surface area contributed by atoms with Gasteiger partial charge in [-0.25, -0.2) is 0 Å². The van der Waals surface area contributed by atoms with Crippen molar-refractivity contribution in [1.29, 1.82) is 0 Å². The quantitative estimate of drug-likeness (QED) is 0.676. The maximum Gasteiger partial charge on any atom is 0.270 e. The third-order valence-corrected chi connectivity index (χ3v) is 3.99. The number of H-pyrrole nitrogens is 1. The Morgan fingerprint density at radius 3 is 3.00 bits per heavy atom. The molecule has 0 fully saturated rings. The average molecular weight is 328 g/mol. The second kappa shape index (κ2) is 5.52. The summed E-state index contributed by atoms with van der Waals surface area (Å²) in [7, 11) is 0. The molecule has 1 aliphatic rings. The highest BCUT2D eigenvalue weighted by atomic mass is 35.5. The zero-order valence-electron chi connectivity index (χ0n) is 12.1. The average Bonchev–Trinajstić information content (AvgIpc) is 2.98. The lowest BCUT2D eigenvalue weighted by atomic mass is 10.2. The number of para-hydroxylation sites is 2. The molecule has 2 aromatic carbocycles. The van der Waals surface area contributed by atoms with Gasteiger partial charge in [-0.2, -0.15) is 0 Å². The van der Waals surface area contributed by atoms with Gasteiger partial charge in [0.15, 0.2) is 6.23 Å². The van der Waals surface area contributed by atoms with Crippen LogP contribution in [0, 0.1) is 0 Å². The van der Waals surface area contributed by atoms with Crippen LogP contribution in [0.5, 0.6) is 5.75 Å². The summed E-state index contributed by atoms with van der Waals surface area (Å²) in [6.45, 7) is 0.509. The summed E-state index contributed by atoms with van der Waals surface area (Å²) in [6.07, 6.45) is -0.424. The molecule has 0 spiro atoms. The summed E-state index contributed by atoms with van der Waals surface area (Å²) in [4.78, 5) is 15.5. The maximum atomic E-state index is 12.4. The van der Waals surface area contributed by atoms with Crippen LogP contribution in [0.1, 0.15) is 10.5 Å². The van der Waals surface area contributed by atoms with Crippen molar-refractivity contribution in [3.63, 3.8) is 0 Å². The number of aromatic nitrogens is 1. The van der Waals surface area contributed by atoms with E-state index < -0.39 is 6.23 Å². The van der Waals surface area contributed by atoms with Crippen LogP contribution in [-0.4, -0.2) is 23.7 Å². The number of carbonyl (C=O) groups is 1. The van der Waals surface area contributed by atoms with E-state index >= 15 is 0 Å². The molecule has 0 saturated heterocycles. The first kappa shape index (κ1) is 14.0. The van der Waals surface area contributed by atoms with Crippen molar-refractivity contribution in [3.05, 3.63) is 59.2 Å². The first-order chi connectivity index (χ1) is 11.2. The van der Waals surface area contributed by atoms with E-state index in [2.05, 4.69) is 15.6 Å². The number of aromatic amines is 1. The molecule has 1 aromatic heterocycles. The standard InChI is InChI=1S/C17H14ClN3O2/c18-11-5-6-12-10(7-11)8-14(20-12)17(22)21-16-9-19-13-3-1-2-4-15(13)23-16/h1-8,16,19-20H,9H2,(H,21,22). The predicted octanol–water partition coefficient (Wildman–Crippen LogP) is 3.38. The molecule has 1 amide bonds. The molecule has 6 heteroatoms. The summed E-state index contributed by atoms with van der Waals surface area (Å²) in [6, 6.07) is 14.9. The maximum absolute atomic E-state index is 12.4. The first-order valence-electron chi connectivity index (χ1n) is 7.28. The highest BCUT2D eigenvalue weighted by molar-refractivity contribution is 6.31. The molecule has 1 atom stereocenters. The van der Waals surface area contributed by atoms with Gasteiger partial charge in [0.25, 0.3) is 5.91 Å². The Balaban J connectivity index is 1.51. The lowest BCUT2D eigenvalue weighted by molar-refractivity contribution is 0.0832. The molecule has 1 unspecified atom stereocenters. The predicted molar refractivity (Wildman–Crippen MR) is 90.1 cm³/mol. The van der Waals surface area contributed by atoms with Gasteiger partial charge in [0.2, 0.25) is 0 Å². The van der Waals surface area contributed by atoms with Crippen LogP contribution >= 0.6 is 11.6 Å². The van der Waals surface area contributed by atoms with Crippen LogP contribution in [0.2, 0.25) is 5.02 Å². The number of hydrogen-bond donors (Lipinski definition) is 3. The normalized spacial score (nSPS) is 16.3. The molecule has 1 aliphatic heterocycles. The van der Waals surface area contributed by atoms with E-state index in [0.29, 0.717) is 17.3 Å². The monoisotopic (exact) mass is 327 g/mol. The van der Waals surface area contributed by atoms with Crippen LogP contribution < -0.4 is 15.4 Å². The summed E-state index contributed by atoms with van der Waals surface area (Å²) in [5.41, 5.74) is 2.27. The number of nitrogens with one attached hydrogen (secondary N) is 3. The van der Waals surface area contributed by atoms with Gasteiger partial charge in [0.05, 0.1) is 12.2 Å². The Bertz CT molecular complexity index is 890. The van der Waals surface area contributed by atoms with Crippen LogP contribution in [0.15, 0.2) is 48.5 Å². The molecular formula is C17H14ClN3O2. The Kier molecular flexibility index (Phi) is 3.35.